The van der Waals surface area contributed by atoms with Gasteiger partial charge in [-0.3, -0.25) is 0 Å². The van der Waals surface area contributed by atoms with E-state index in [9.17, 15) is 25.4 Å². The van der Waals surface area contributed by atoms with Crippen molar-refractivity contribution >= 4 is 83.1 Å². The van der Waals surface area contributed by atoms with Crippen molar-refractivity contribution in [3.8, 4) is 0 Å². The van der Waals surface area contributed by atoms with Gasteiger partial charge in [0.25, 0.3) is 10.0 Å². The molecule has 3 rings (SSSR count). The number of rotatable bonds is 13. The highest BCUT2D eigenvalue weighted by molar-refractivity contribution is 8.07. The summed E-state index contributed by atoms with van der Waals surface area (Å²) in [6.45, 7) is 0. The molecule has 0 aliphatic heterocycles. The summed E-state index contributed by atoms with van der Waals surface area (Å²) >= 11 is 23.7. The first kappa shape index (κ1) is 33.0. The van der Waals surface area contributed by atoms with Crippen LogP contribution in [0, 0.1) is 11.6 Å². The molecule has 1 aromatic heterocycles. The lowest BCUT2D eigenvalue weighted by molar-refractivity contribution is 0.569. The van der Waals surface area contributed by atoms with Crippen LogP contribution in [0.15, 0.2) is 59.6 Å². The largest absolute Gasteiger partial charge is 0.274 e. The van der Waals surface area contributed by atoms with Gasteiger partial charge in [0, 0.05) is 35.0 Å². The third kappa shape index (κ3) is 7.64. The highest BCUT2D eigenvalue weighted by atomic mass is 35.5. The van der Waals surface area contributed by atoms with Crippen molar-refractivity contribution in [2.24, 2.45) is 0 Å². The Labute approximate surface area is 254 Å². The van der Waals surface area contributed by atoms with E-state index in [1.807, 2.05) is 0 Å². The van der Waals surface area contributed by atoms with Crippen LogP contribution in [-0.4, -0.2) is 45.1 Å². The van der Waals surface area contributed by atoms with Gasteiger partial charge in [-0.15, -0.1) is 23.2 Å². The monoisotopic (exact) mass is 693 g/mol. The van der Waals surface area contributed by atoms with E-state index in [4.69, 9.17) is 46.4 Å². The van der Waals surface area contributed by atoms with Gasteiger partial charge in [0.2, 0.25) is 0 Å². The molecule has 218 valence electrons. The van der Waals surface area contributed by atoms with Gasteiger partial charge in [-0.05, 0) is 60.5 Å². The normalized spacial score (nSPS) is 13.7. The Kier molecular flexibility index (Phi) is 11.6. The second kappa shape index (κ2) is 14.1. The molecule has 3 aromatic rings. The Bertz CT molecular complexity index is 1590. The Morgan fingerprint density at radius 1 is 0.900 bits per heavy atom. The summed E-state index contributed by atoms with van der Waals surface area (Å²) < 4.78 is 97.5. The van der Waals surface area contributed by atoms with E-state index in [1.54, 1.807) is 0 Å². The average Bonchev–Trinajstić information content (AvgIpc) is 2.90. The fourth-order valence-electron chi connectivity index (χ4n) is 3.73. The van der Waals surface area contributed by atoms with E-state index in [0.29, 0.717) is 9.78 Å². The van der Waals surface area contributed by atoms with Crippen LogP contribution in [0.4, 0.5) is 14.6 Å². The summed E-state index contributed by atoms with van der Waals surface area (Å²) in [5.41, 5.74) is -0.901. The molecule has 0 aliphatic carbocycles. The van der Waals surface area contributed by atoms with Crippen LogP contribution in [0.25, 0.3) is 0 Å². The van der Waals surface area contributed by atoms with E-state index >= 15 is 4.39 Å². The lowest BCUT2D eigenvalue weighted by atomic mass is 10.0. The van der Waals surface area contributed by atoms with Gasteiger partial charge in [0.15, 0.2) is 26.6 Å². The van der Waals surface area contributed by atoms with Crippen LogP contribution in [0.2, 0.25) is 10.0 Å². The average molecular weight is 695 g/mol. The fraction of sp³-hybridized carbons (Fsp3) is 0.292. The van der Waals surface area contributed by atoms with Gasteiger partial charge < -0.3 is 0 Å². The number of thiol groups is 1. The van der Waals surface area contributed by atoms with Gasteiger partial charge in [-0.2, -0.15) is 0 Å². The van der Waals surface area contributed by atoms with Gasteiger partial charge in [0.1, 0.15) is 22.6 Å². The molecule has 0 radical (unpaired) electrons. The Balaban J connectivity index is 2.31. The predicted molar refractivity (Wildman–Crippen MR) is 157 cm³/mol. The minimum atomic E-state index is -4.57. The summed E-state index contributed by atoms with van der Waals surface area (Å²) in [7, 11) is -11.5. The van der Waals surface area contributed by atoms with E-state index in [-0.39, 0.29) is 50.9 Å². The Morgan fingerprint density at radius 3 is 2.17 bits per heavy atom. The molecule has 7 nitrogen and oxygen atoms in total. The first-order valence-corrected chi connectivity index (χ1v) is 17.9. The third-order valence-electron chi connectivity index (χ3n) is 5.53. The van der Waals surface area contributed by atoms with Gasteiger partial charge in [0.05, 0.1) is 15.7 Å². The molecule has 0 spiro atoms. The number of halogens is 6. The van der Waals surface area contributed by atoms with Crippen LogP contribution in [-0.2, 0) is 35.1 Å². The highest BCUT2D eigenvalue weighted by Gasteiger charge is 2.38. The number of nitrogens with zero attached hydrogens (tertiary/aromatic N) is 2. The van der Waals surface area contributed by atoms with Crippen molar-refractivity contribution in [1.29, 1.82) is 0 Å². The van der Waals surface area contributed by atoms with Crippen LogP contribution in [0.1, 0.15) is 29.2 Å². The number of hydrogen-bond acceptors (Lipinski definition) is 6. The molecule has 0 bridgehead atoms. The second-order valence-corrected chi connectivity index (χ2v) is 15.7. The SMILES string of the molecule is O=[SH+](CCCCl)N(c1cc(C(c2cc(F)ccc2F)S(=O)(=O)c2ccc(Cl)cc2)c(Cl)cn1)S(=O)(=O)CCCCl. The number of benzene rings is 2. The van der Waals surface area contributed by atoms with Crippen LogP contribution < -0.4 is 3.71 Å². The molecule has 0 aliphatic rings. The Hall–Kier alpha value is -1.54. The molecule has 40 heavy (non-hydrogen) atoms. The fourth-order valence-corrected chi connectivity index (χ4v) is 10.2. The maximum atomic E-state index is 15.1. The zero-order valence-electron chi connectivity index (χ0n) is 20.5. The molecule has 0 fully saturated rings. The molecule has 0 saturated carbocycles. The van der Waals surface area contributed by atoms with Crippen LogP contribution in [0.3, 0.4) is 0 Å². The minimum absolute atomic E-state index is 0.00505. The zero-order valence-corrected chi connectivity index (χ0v) is 26.0. The van der Waals surface area contributed by atoms with E-state index < -0.39 is 64.9 Å². The van der Waals surface area contributed by atoms with Crippen molar-refractivity contribution in [3.05, 3.63) is 87.5 Å². The molecular weight excluding hydrogens is 672 g/mol. The number of sulfonamides is 1. The van der Waals surface area contributed by atoms with Gasteiger partial charge in [-0.25, -0.2) is 30.6 Å². The molecule has 2 aromatic carbocycles. The summed E-state index contributed by atoms with van der Waals surface area (Å²) in [5, 5.41) is -2.01. The number of hydrogen-bond donors (Lipinski definition) is 0. The first-order chi connectivity index (χ1) is 18.8. The van der Waals surface area contributed by atoms with Crippen LogP contribution in [0.5, 0.6) is 0 Å². The summed E-state index contributed by atoms with van der Waals surface area (Å²) in [6, 6.07) is 8.26. The van der Waals surface area contributed by atoms with E-state index in [0.717, 1.165) is 24.4 Å². The molecule has 1 heterocycles. The topological polar surface area (TPSA) is 101 Å². The number of pyridine rings is 1. The van der Waals surface area contributed by atoms with Crippen LogP contribution >= 0.6 is 46.4 Å². The lowest BCUT2D eigenvalue weighted by Crippen LogP contribution is -2.36. The maximum Gasteiger partial charge on any atom is 0.274 e. The van der Waals surface area contributed by atoms with Crippen molar-refractivity contribution < 1.29 is 29.8 Å². The molecular formula is C24H23Cl4F2N2O5S3+. The predicted octanol–water partition coefficient (Wildman–Crippen LogP) is 6.24. The molecule has 16 heteroatoms. The standard InChI is InChI=1S/C24H22Cl4F2N2O5S3/c25-9-1-11-38(33)32(39(34,35)12-2-10-26)23-14-19(21(28)15-31-23)24(20-13-17(29)5-8-22(20)30)40(36,37)18-6-3-16(27)4-7-18/h3-8,13-15,24H,1-2,9-12H2/p+1. The highest BCUT2D eigenvalue weighted by Crippen LogP contribution is 2.41. The van der Waals surface area contributed by atoms with E-state index in [1.165, 1.54) is 24.3 Å². The molecule has 2 unspecified atom stereocenters. The molecule has 0 N–H and O–H groups in total. The molecule has 0 saturated heterocycles. The van der Waals surface area contributed by atoms with E-state index in [2.05, 4.69) is 4.98 Å². The number of anilines is 1. The first-order valence-electron chi connectivity index (χ1n) is 11.5. The number of alkyl halides is 2. The number of sulfone groups is 1. The zero-order chi connectivity index (χ0) is 29.7. The van der Waals surface area contributed by atoms with Crippen molar-refractivity contribution in [3.63, 3.8) is 0 Å². The number of aromatic nitrogens is 1. The minimum Gasteiger partial charge on any atom is -0.233 e. The van der Waals surface area contributed by atoms with Crippen molar-refractivity contribution in [2.45, 2.75) is 23.0 Å². The molecule has 2 atom stereocenters. The smallest absolute Gasteiger partial charge is 0.233 e. The van der Waals surface area contributed by atoms with Crippen molar-refractivity contribution in [1.82, 2.24) is 4.98 Å². The molecule has 0 amide bonds. The summed E-state index contributed by atoms with van der Waals surface area (Å²) in [6.07, 6.45) is 1.20. The maximum absolute atomic E-state index is 15.1. The second-order valence-electron chi connectivity index (χ2n) is 8.33. The third-order valence-corrected chi connectivity index (χ3v) is 12.8. The van der Waals surface area contributed by atoms with Gasteiger partial charge in [-0.1, -0.05) is 31.1 Å². The summed E-state index contributed by atoms with van der Waals surface area (Å²) in [5.74, 6) is -2.89. The lowest BCUT2D eigenvalue weighted by Gasteiger charge is -2.23. The quantitative estimate of drug-likeness (QED) is 0.119. The Morgan fingerprint density at radius 2 is 1.55 bits per heavy atom. The van der Waals surface area contributed by atoms with Crippen molar-refractivity contribution in [2.75, 3.05) is 27.0 Å². The summed E-state index contributed by atoms with van der Waals surface area (Å²) in [4.78, 5) is 3.72. The van der Waals surface area contributed by atoms with Gasteiger partial charge >= 0.3 is 0 Å².